The van der Waals surface area contributed by atoms with Gasteiger partial charge in [-0.2, -0.15) is 4.98 Å². The summed E-state index contributed by atoms with van der Waals surface area (Å²) < 4.78 is 7.60. The largest absolute Gasteiger partial charge is 0.332 e. The number of hydrogen-bond donors (Lipinski definition) is 2. The number of pyridine rings is 1. The normalized spacial score (nSPS) is 11.4. The number of nitrogens with one attached hydrogen (secondary N) is 2. The Kier molecular flexibility index (Phi) is 7.03. The highest BCUT2D eigenvalue weighted by Crippen LogP contribution is 2.14. The van der Waals surface area contributed by atoms with Crippen LogP contribution in [0.15, 0.2) is 65.6 Å². The number of aromatic nitrogens is 7. The quantitative estimate of drug-likeness (QED) is 0.263. The summed E-state index contributed by atoms with van der Waals surface area (Å²) in [6.07, 6.45) is 4.47. The van der Waals surface area contributed by atoms with Crippen LogP contribution >= 0.6 is 11.3 Å². The van der Waals surface area contributed by atoms with Gasteiger partial charge in [0.25, 0.3) is 17.0 Å². The van der Waals surface area contributed by atoms with Crippen LogP contribution < -0.4 is 22.5 Å². The molecule has 0 fully saturated rings. The average Bonchev–Trinajstić information content (AvgIpc) is 3.59. The zero-order valence-corrected chi connectivity index (χ0v) is 20.5. The molecule has 0 unspecified atom stereocenters. The summed E-state index contributed by atoms with van der Waals surface area (Å²) in [4.78, 5) is 65.0. The minimum absolute atomic E-state index is 0.109. The molecule has 0 spiro atoms. The Labute approximate surface area is 212 Å². The van der Waals surface area contributed by atoms with Gasteiger partial charge in [-0.1, -0.05) is 17.3 Å². The monoisotopic (exact) mass is 521 g/mol. The predicted molar refractivity (Wildman–Crippen MR) is 137 cm³/mol. The Morgan fingerprint density at radius 2 is 1.78 bits per heavy atom. The van der Waals surface area contributed by atoms with Crippen LogP contribution in [0.25, 0.3) is 22.6 Å². The molecule has 0 atom stereocenters. The van der Waals surface area contributed by atoms with E-state index in [9.17, 15) is 19.2 Å². The molecule has 0 amide bonds. The molecule has 5 heterocycles. The smallest absolute Gasteiger partial charge is 0.331 e. The molecule has 0 radical (unpaired) electrons. The van der Waals surface area contributed by atoms with E-state index < -0.39 is 22.5 Å². The van der Waals surface area contributed by atoms with E-state index in [1.165, 1.54) is 4.57 Å². The Hall–Kier alpha value is -4.39. The van der Waals surface area contributed by atoms with Gasteiger partial charge in [0.1, 0.15) is 16.7 Å². The Bertz CT molecular complexity index is 1750. The van der Waals surface area contributed by atoms with E-state index in [1.54, 1.807) is 29.7 Å². The summed E-state index contributed by atoms with van der Waals surface area (Å²) in [5.74, 6) is 0.814. The number of H-pyrrole nitrogens is 2. The van der Waals surface area contributed by atoms with Crippen LogP contribution in [0.2, 0.25) is 0 Å². The number of hydrogen-bond acceptors (Lipinski definition) is 9. The van der Waals surface area contributed by atoms with Crippen LogP contribution in [0.3, 0.4) is 0 Å². The summed E-state index contributed by atoms with van der Waals surface area (Å²) in [6, 6.07) is 9.33. The van der Waals surface area contributed by atoms with E-state index in [2.05, 4.69) is 25.1 Å². The number of aromatic amines is 2. The number of unbranched alkanes of at least 4 members (excludes halogenated alkanes) is 1. The molecule has 37 heavy (non-hydrogen) atoms. The van der Waals surface area contributed by atoms with E-state index in [1.807, 2.05) is 23.6 Å². The summed E-state index contributed by atoms with van der Waals surface area (Å²) in [5, 5.41) is 5.94. The van der Waals surface area contributed by atoms with Gasteiger partial charge in [0.15, 0.2) is 5.82 Å². The second-order valence-corrected chi connectivity index (χ2v) is 9.43. The minimum Gasteiger partial charge on any atom is -0.332 e. The molecule has 190 valence electrons. The molecule has 5 rings (SSSR count). The number of fused-ring (bicyclic) bond motifs is 1. The third kappa shape index (κ3) is 5.26. The second kappa shape index (κ2) is 10.7. The van der Waals surface area contributed by atoms with Crippen LogP contribution in [0, 0.1) is 0 Å². The number of nitrogens with zero attached hydrogens (tertiary/aromatic N) is 5. The van der Waals surface area contributed by atoms with Crippen molar-refractivity contribution in [2.75, 3.05) is 0 Å². The third-order valence-corrected chi connectivity index (χ3v) is 6.81. The Balaban J connectivity index is 1.34. The lowest BCUT2D eigenvalue weighted by Crippen LogP contribution is -2.44. The first-order chi connectivity index (χ1) is 18.0. The van der Waals surface area contributed by atoms with Gasteiger partial charge in [0, 0.05) is 30.6 Å². The molecule has 0 aliphatic rings. The van der Waals surface area contributed by atoms with E-state index in [0.717, 1.165) is 15.9 Å². The summed E-state index contributed by atoms with van der Waals surface area (Å²) in [6.45, 7) is 0.333. The van der Waals surface area contributed by atoms with Gasteiger partial charge in [0.2, 0.25) is 0 Å². The fourth-order valence-electron chi connectivity index (χ4n) is 4.13. The van der Waals surface area contributed by atoms with Gasteiger partial charge in [-0.25, -0.2) is 9.59 Å². The number of rotatable bonds is 10. The maximum absolute atomic E-state index is 13.3. The zero-order chi connectivity index (χ0) is 25.8. The highest BCUT2D eigenvalue weighted by atomic mass is 32.1. The van der Waals surface area contributed by atoms with E-state index in [0.29, 0.717) is 43.1 Å². The van der Waals surface area contributed by atoms with E-state index in [4.69, 9.17) is 4.52 Å². The van der Waals surface area contributed by atoms with Crippen molar-refractivity contribution in [1.29, 1.82) is 0 Å². The molecule has 5 aromatic heterocycles. The molecular formula is C24H23N7O5S. The molecule has 12 nitrogen and oxygen atoms in total. The van der Waals surface area contributed by atoms with Crippen LogP contribution in [-0.4, -0.2) is 34.2 Å². The van der Waals surface area contributed by atoms with Crippen molar-refractivity contribution in [2.45, 2.75) is 45.2 Å². The molecule has 13 heteroatoms. The van der Waals surface area contributed by atoms with Crippen LogP contribution in [-0.2, 0) is 25.9 Å². The summed E-state index contributed by atoms with van der Waals surface area (Å²) >= 11 is 1.61. The molecule has 0 aliphatic heterocycles. The number of thiophene rings is 1. The first-order valence-corrected chi connectivity index (χ1v) is 12.7. The first kappa shape index (κ1) is 24.3. The average molecular weight is 522 g/mol. The first-order valence-electron chi connectivity index (χ1n) is 11.8. The molecule has 5 aromatic rings. The van der Waals surface area contributed by atoms with Crippen LogP contribution in [0.1, 0.15) is 30.0 Å². The van der Waals surface area contributed by atoms with Crippen molar-refractivity contribution in [3.63, 3.8) is 0 Å². The topological polar surface area (TPSA) is 162 Å². The Morgan fingerprint density at radius 3 is 2.57 bits per heavy atom. The second-order valence-electron chi connectivity index (χ2n) is 8.39. The minimum atomic E-state index is -0.800. The summed E-state index contributed by atoms with van der Waals surface area (Å²) in [7, 11) is 0. The van der Waals surface area contributed by atoms with Crippen molar-refractivity contribution in [3.05, 3.63) is 94.3 Å². The van der Waals surface area contributed by atoms with Gasteiger partial charge < -0.3 is 9.51 Å². The van der Waals surface area contributed by atoms with Gasteiger partial charge in [-0.15, -0.1) is 11.3 Å². The summed E-state index contributed by atoms with van der Waals surface area (Å²) in [5.41, 5.74) is -2.57. The third-order valence-electron chi connectivity index (χ3n) is 5.88. The maximum Gasteiger partial charge on any atom is 0.331 e. The highest BCUT2D eigenvalue weighted by molar-refractivity contribution is 7.09. The van der Waals surface area contributed by atoms with Crippen molar-refractivity contribution in [3.8, 4) is 11.6 Å². The van der Waals surface area contributed by atoms with Crippen molar-refractivity contribution in [1.82, 2.24) is 34.2 Å². The van der Waals surface area contributed by atoms with Crippen LogP contribution in [0.5, 0.6) is 0 Å². The van der Waals surface area contributed by atoms with Crippen molar-refractivity contribution < 1.29 is 4.52 Å². The molecule has 0 bridgehead atoms. The lowest BCUT2D eigenvalue weighted by Gasteiger charge is -2.13. The van der Waals surface area contributed by atoms with Gasteiger partial charge in [0.05, 0.1) is 0 Å². The molecule has 0 saturated heterocycles. The Morgan fingerprint density at radius 1 is 0.919 bits per heavy atom. The lowest BCUT2D eigenvalue weighted by atomic mass is 10.2. The number of aryl methyl sites for hydroxylation is 3. The molecule has 0 aliphatic carbocycles. The molecule has 2 N–H and O–H groups in total. The standard InChI is InChI=1S/C24H23N7O5S/c32-20-19-18(27-23(34)28-20)22(33)31(24(35)30(19)13-5-7-15-8-6-14-37-15)12-4-2-10-17-26-21(36-29-17)16-9-1-3-11-25-16/h1,3,6,8-9,11,14H,2,4-5,7,10,12-13H2,(H2,27,28,32,34). The molecule has 0 aromatic carbocycles. The fourth-order valence-corrected chi connectivity index (χ4v) is 4.88. The van der Waals surface area contributed by atoms with Crippen molar-refractivity contribution >= 4 is 22.4 Å². The van der Waals surface area contributed by atoms with Crippen molar-refractivity contribution in [2.24, 2.45) is 0 Å². The van der Waals surface area contributed by atoms with Gasteiger partial charge in [-0.05, 0) is 49.3 Å². The molecular weight excluding hydrogens is 498 g/mol. The van der Waals surface area contributed by atoms with E-state index >= 15 is 0 Å². The van der Waals surface area contributed by atoms with E-state index in [-0.39, 0.29) is 24.1 Å². The zero-order valence-electron chi connectivity index (χ0n) is 19.7. The van der Waals surface area contributed by atoms with Crippen LogP contribution in [0.4, 0.5) is 0 Å². The lowest BCUT2D eigenvalue weighted by molar-refractivity contribution is 0.419. The predicted octanol–water partition coefficient (Wildman–Crippen LogP) is 1.70. The SMILES string of the molecule is O=c1[nH]c(=O)c2c([nH]1)c(=O)n(CCCCc1noc(-c3ccccn3)n1)c(=O)n2CCCc1cccs1. The molecule has 0 saturated carbocycles. The van der Waals surface area contributed by atoms with Gasteiger partial charge >= 0.3 is 11.4 Å². The fraction of sp³-hybridized carbons (Fsp3) is 0.292. The maximum atomic E-state index is 13.3. The van der Waals surface area contributed by atoms with Gasteiger partial charge in [-0.3, -0.25) is 28.7 Å². The highest BCUT2D eigenvalue weighted by Gasteiger charge is 2.17.